The van der Waals surface area contributed by atoms with Crippen LogP contribution < -0.4 is 5.32 Å². The number of nitrogens with one attached hydrogen (secondary N) is 1. The SMILES string of the molecule is Cc1c(NC(=O)COC(=O)CCc2cnn(-c3ccccc3)c2)cccc1[N+](=O)[O-]. The number of hydrogen-bond donors (Lipinski definition) is 1. The fourth-order valence-corrected chi connectivity index (χ4v) is 2.82. The summed E-state index contributed by atoms with van der Waals surface area (Å²) < 4.78 is 6.71. The summed E-state index contributed by atoms with van der Waals surface area (Å²) in [4.78, 5) is 34.4. The second-order valence-electron chi connectivity index (χ2n) is 6.54. The molecule has 154 valence electrons. The molecule has 0 radical (unpaired) electrons. The van der Waals surface area contributed by atoms with Gasteiger partial charge in [-0.05, 0) is 37.1 Å². The lowest BCUT2D eigenvalue weighted by Gasteiger charge is -2.09. The zero-order valence-electron chi connectivity index (χ0n) is 16.3. The number of carbonyl (C=O) groups is 2. The normalized spacial score (nSPS) is 10.4. The summed E-state index contributed by atoms with van der Waals surface area (Å²) >= 11 is 0. The maximum Gasteiger partial charge on any atom is 0.306 e. The van der Waals surface area contributed by atoms with Gasteiger partial charge in [0.25, 0.3) is 11.6 Å². The van der Waals surface area contributed by atoms with Crippen LogP contribution >= 0.6 is 0 Å². The number of ether oxygens (including phenoxy) is 1. The van der Waals surface area contributed by atoms with E-state index in [0.29, 0.717) is 17.7 Å². The lowest BCUT2D eigenvalue weighted by Crippen LogP contribution is -2.21. The highest BCUT2D eigenvalue weighted by molar-refractivity contribution is 5.94. The molecule has 0 saturated carbocycles. The van der Waals surface area contributed by atoms with E-state index >= 15 is 0 Å². The third kappa shape index (κ3) is 5.28. The first kappa shape index (κ1) is 20.7. The zero-order chi connectivity index (χ0) is 21.5. The Hall–Kier alpha value is -4.01. The van der Waals surface area contributed by atoms with Crippen LogP contribution in [0, 0.1) is 17.0 Å². The van der Waals surface area contributed by atoms with Crippen molar-refractivity contribution in [2.45, 2.75) is 19.8 Å². The molecular formula is C21H20N4O5. The molecule has 2 aromatic carbocycles. The molecular weight excluding hydrogens is 388 g/mol. The molecule has 0 aliphatic carbocycles. The molecule has 0 spiro atoms. The van der Waals surface area contributed by atoms with Crippen LogP contribution in [0.1, 0.15) is 17.5 Å². The van der Waals surface area contributed by atoms with E-state index in [4.69, 9.17) is 4.74 Å². The number of nitrogens with zero attached hydrogens (tertiary/aromatic N) is 3. The number of rotatable bonds is 8. The first-order valence-corrected chi connectivity index (χ1v) is 9.22. The second-order valence-corrected chi connectivity index (χ2v) is 6.54. The molecule has 1 heterocycles. The molecule has 0 aliphatic heterocycles. The summed E-state index contributed by atoms with van der Waals surface area (Å²) in [6, 6.07) is 14.0. The monoisotopic (exact) mass is 408 g/mol. The van der Waals surface area contributed by atoms with Crippen LogP contribution in [-0.2, 0) is 20.7 Å². The van der Waals surface area contributed by atoms with Crippen molar-refractivity contribution >= 4 is 23.3 Å². The Kier molecular flexibility index (Phi) is 6.53. The van der Waals surface area contributed by atoms with Crippen molar-refractivity contribution < 1.29 is 19.2 Å². The number of aryl methyl sites for hydroxylation is 1. The lowest BCUT2D eigenvalue weighted by molar-refractivity contribution is -0.385. The van der Waals surface area contributed by atoms with Crippen molar-refractivity contribution in [1.82, 2.24) is 9.78 Å². The number of anilines is 1. The number of benzene rings is 2. The summed E-state index contributed by atoms with van der Waals surface area (Å²) in [5.74, 6) is -1.09. The molecule has 1 N–H and O–H groups in total. The number of hydrogen-bond acceptors (Lipinski definition) is 6. The molecule has 0 unspecified atom stereocenters. The lowest BCUT2D eigenvalue weighted by atomic mass is 10.1. The summed E-state index contributed by atoms with van der Waals surface area (Å²) in [6.07, 6.45) is 4.04. The fourth-order valence-electron chi connectivity index (χ4n) is 2.82. The highest BCUT2D eigenvalue weighted by Crippen LogP contribution is 2.24. The Morgan fingerprint density at radius 1 is 1.17 bits per heavy atom. The molecule has 0 bridgehead atoms. The molecule has 3 aromatic rings. The van der Waals surface area contributed by atoms with Crippen LogP contribution in [0.5, 0.6) is 0 Å². The molecule has 0 fully saturated rings. The predicted molar refractivity (Wildman–Crippen MR) is 109 cm³/mol. The molecule has 0 atom stereocenters. The number of para-hydroxylation sites is 1. The van der Waals surface area contributed by atoms with Gasteiger partial charge in [-0.25, -0.2) is 4.68 Å². The van der Waals surface area contributed by atoms with Crippen molar-refractivity contribution in [1.29, 1.82) is 0 Å². The van der Waals surface area contributed by atoms with E-state index < -0.39 is 23.4 Å². The van der Waals surface area contributed by atoms with Gasteiger partial charge in [-0.15, -0.1) is 0 Å². The molecule has 1 aromatic heterocycles. The van der Waals surface area contributed by atoms with Gasteiger partial charge in [0.15, 0.2) is 6.61 Å². The van der Waals surface area contributed by atoms with E-state index in [2.05, 4.69) is 10.4 Å². The molecule has 1 amide bonds. The van der Waals surface area contributed by atoms with Gasteiger partial charge in [0.05, 0.1) is 28.1 Å². The smallest absolute Gasteiger partial charge is 0.306 e. The number of amides is 1. The Labute approximate surface area is 172 Å². The molecule has 0 aliphatic rings. The van der Waals surface area contributed by atoms with Crippen LogP contribution in [0.4, 0.5) is 11.4 Å². The average molecular weight is 408 g/mol. The van der Waals surface area contributed by atoms with Gasteiger partial charge in [0.1, 0.15) is 0 Å². The summed E-state index contributed by atoms with van der Waals surface area (Å²) in [6.45, 7) is 1.07. The van der Waals surface area contributed by atoms with Gasteiger partial charge in [-0.3, -0.25) is 19.7 Å². The number of carbonyl (C=O) groups excluding carboxylic acids is 2. The van der Waals surface area contributed by atoms with E-state index in [-0.39, 0.29) is 12.1 Å². The van der Waals surface area contributed by atoms with Crippen LogP contribution in [0.25, 0.3) is 5.69 Å². The maximum atomic E-state index is 12.0. The Morgan fingerprint density at radius 2 is 1.93 bits per heavy atom. The van der Waals surface area contributed by atoms with E-state index in [1.54, 1.807) is 16.9 Å². The molecule has 3 rings (SSSR count). The third-order valence-corrected chi connectivity index (χ3v) is 4.41. The van der Waals surface area contributed by atoms with Crippen molar-refractivity contribution in [3.63, 3.8) is 0 Å². The Bertz CT molecular complexity index is 1060. The minimum absolute atomic E-state index is 0.0964. The van der Waals surface area contributed by atoms with Gasteiger partial charge in [0.2, 0.25) is 0 Å². The summed E-state index contributed by atoms with van der Waals surface area (Å²) in [5, 5.41) is 17.8. The molecule has 30 heavy (non-hydrogen) atoms. The van der Waals surface area contributed by atoms with Crippen LogP contribution in [0.3, 0.4) is 0 Å². The van der Waals surface area contributed by atoms with Gasteiger partial charge < -0.3 is 10.1 Å². The van der Waals surface area contributed by atoms with Crippen molar-refractivity contribution in [2.75, 3.05) is 11.9 Å². The van der Waals surface area contributed by atoms with E-state index in [9.17, 15) is 19.7 Å². The number of nitro benzene ring substituents is 1. The largest absolute Gasteiger partial charge is 0.456 e. The van der Waals surface area contributed by atoms with E-state index in [1.165, 1.54) is 19.1 Å². The molecule has 0 saturated heterocycles. The quantitative estimate of drug-likeness (QED) is 0.348. The molecule has 9 nitrogen and oxygen atoms in total. The van der Waals surface area contributed by atoms with Crippen LogP contribution in [0.2, 0.25) is 0 Å². The second kappa shape index (κ2) is 9.46. The maximum absolute atomic E-state index is 12.0. The Morgan fingerprint density at radius 3 is 2.67 bits per heavy atom. The highest BCUT2D eigenvalue weighted by atomic mass is 16.6. The van der Waals surface area contributed by atoms with Crippen molar-refractivity contribution in [2.24, 2.45) is 0 Å². The van der Waals surface area contributed by atoms with Gasteiger partial charge in [-0.2, -0.15) is 5.10 Å². The topological polar surface area (TPSA) is 116 Å². The summed E-state index contributed by atoms with van der Waals surface area (Å²) in [5.41, 5.74) is 2.32. The molecule has 9 heteroatoms. The van der Waals surface area contributed by atoms with E-state index in [0.717, 1.165) is 11.3 Å². The van der Waals surface area contributed by atoms with Crippen LogP contribution in [-0.4, -0.2) is 33.2 Å². The predicted octanol–water partition coefficient (Wildman–Crippen LogP) is 3.20. The zero-order valence-corrected chi connectivity index (χ0v) is 16.3. The van der Waals surface area contributed by atoms with E-state index in [1.807, 2.05) is 36.5 Å². The fraction of sp³-hybridized carbons (Fsp3) is 0.190. The first-order valence-electron chi connectivity index (χ1n) is 9.22. The standard InChI is InChI=1S/C21H20N4O5/c1-15-18(8-5-9-19(15)25(28)29)23-20(26)14-30-21(27)11-10-16-12-22-24(13-16)17-6-3-2-4-7-17/h2-9,12-13H,10-11,14H2,1H3,(H,23,26). The highest BCUT2D eigenvalue weighted by Gasteiger charge is 2.15. The Balaban J connectivity index is 1.46. The summed E-state index contributed by atoms with van der Waals surface area (Å²) in [7, 11) is 0. The van der Waals surface area contributed by atoms with Gasteiger partial charge >= 0.3 is 5.97 Å². The third-order valence-electron chi connectivity index (χ3n) is 4.41. The van der Waals surface area contributed by atoms with Crippen molar-refractivity contribution in [3.8, 4) is 5.69 Å². The van der Waals surface area contributed by atoms with Crippen LogP contribution in [0.15, 0.2) is 60.9 Å². The first-order chi connectivity index (χ1) is 14.4. The minimum Gasteiger partial charge on any atom is -0.456 e. The van der Waals surface area contributed by atoms with Crippen molar-refractivity contribution in [3.05, 3.63) is 82.2 Å². The number of esters is 1. The van der Waals surface area contributed by atoms with Gasteiger partial charge in [-0.1, -0.05) is 24.3 Å². The minimum atomic E-state index is -0.566. The average Bonchev–Trinajstić information content (AvgIpc) is 3.22. The number of aromatic nitrogens is 2. The number of nitro groups is 1. The van der Waals surface area contributed by atoms with Gasteiger partial charge in [0, 0.05) is 18.7 Å².